The van der Waals surface area contributed by atoms with Crippen molar-refractivity contribution < 1.29 is 5.11 Å². The van der Waals surface area contributed by atoms with Crippen molar-refractivity contribution in [1.82, 2.24) is 19.9 Å². The quantitative estimate of drug-likeness (QED) is 0.419. The Labute approximate surface area is 198 Å². The van der Waals surface area contributed by atoms with E-state index >= 15 is 0 Å². The van der Waals surface area contributed by atoms with E-state index in [1.807, 2.05) is 60.5 Å². The highest BCUT2D eigenvalue weighted by Crippen LogP contribution is 2.45. The fourth-order valence-electron chi connectivity index (χ4n) is 4.63. The van der Waals surface area contributed by atoms with Gasteiger partial charge in [0.25, 0.3) is 0 Å². The molecule has 33 heavy (non-hydrogen) atoms. The van der Waals surface area contributed by atoms with E-state index in [1.54, 1.807) is 12.3 Å². The lowest BCUT2D eigenvalue weighted by Crippen LogP contribution is -2.29. The molecule has 4 heterocycles. The van der Waals surface area contributed by atoms with Crippen LogP contribution in [0.25, 0.3) is 5.82 Å². The van der Waals surface area contributed by atoms with Gasteiger partial charge >= 0.3 is 0 Å². The molecular weight excluding hydrogens is 430 g/mol. The Balaban J connectivity index is 1.69. The predicted molar refractivity (Wildman–Crippen MR) is 134 cm³/mol. The zero-order valence-corrected chi connectivity index (χ0v) is 19.5. The lowest BCUT2D eigenvalue weighted by Gasteiger charge is -2.28. The molecule has 0 saturated carbocycles. The van der Waals surface area contributed by atoms with Gasteiger partial charge in [0.2, 0.25) is 0 Å². The molecule has 0 unspecified atom stereocenters. The summed E-state index contributed by atoms with van der Waals surface area (Å²) in [5, 5.41) is 14.7. The largest absolute Gasteiger partial charge is 0.506 e. The van der Waals surface area contributed by atoms with Crippen LogP contribution >= 0.6 is 12.2 Å². The second-order valence-electron chi connectivity index (χ2n) is 8.34. The van der Waals surface area contributed by atoms with Crippen molar-refractivity contribution in [3.05, 3.63) is 101 Å². The molecule has 7 heteroatoms. The van der Waals surface area contributed by atoms with Gasteiger partial charge in [0.1, 0.15) is 11.6 Å². The molecule has 1 aliphatic heterocycles. The van der Waals surface area contributed by atoms with Crippen LogP contribution in [0.1, 0.15) is 40.3 Å². The number of hydrogen-bond donors (Lipinski definition) is 2. The first-order chi connectivity index (χ1) is 16.0. The highest BCUT2D eigenvalue weighted by Gasteiger charge is 2.43. The number of hydrogen-bond acceptors (Lipinski definition) is 4. The van der Waals surface area contributed by atoms with Crippen LogP contribution in [0.4, 0.5) is 5.69 Å². The van der Waals surface area contributed by atoms with Crippen LogP contribution in [-0.4, -0.2) is 24.8 Å². The van der Waals surface area contributed by atoms with Crippen molar-refractivity contribution in [2.75, 3.05) is 4.90 Å². The van der Waals surface area contributed by atoms with E-state index in [2.05, 4.69) is 45.8 Å². The minimum absolute atomic E-state index is 0.182. The van der Waals surface area contributed by atoms with Crippen molar-refractivity contribution >= 4 is 23.0 Å². The number of para-hydroxylation sites is 2. The van der Waals surface area contributed by atoms with Gasteiger partial charge in [-0.15, -0.1) is 0 Å². The smallest absolute Gasteiger partial charge is 0.174 e. The first-order valence-electron chi connectivity index (χ1n) is 10.9. The molecule has 6 nitrogen and oxygen atoms in total. The maximum atomic E-state index is 10.7. The third-order valence-corrected chi connectivity index (χ3v) is 6.47. The second kappa shape index (κ2) is 8.33. The Kier molecular flexibility index (Phi) is 5.34. The van der Waals surface area contributed by atoms with Crippen molar-refractivity contribution in [3.63, 3.8) is 0 Å². The third-order valence-electron chi connectivity index (χ3n) is 6.15. The predicted octanol–water partition coefficient (Wildman–Crippen LogP) is 5.08. The average molecular weight is 456 g/mol. The number of nitrogens with one attached hydrogen (secondary N) is 1. The van der Waals surface area contributed by atoms with Gasteiger partial charge in [-0.25, -0.2) is 4.98 Å². The number of nitrogens with zero attached hydrogens (tertiary/aromatic N) is 4. The summed E-state index contributed by atoms with van der Waals surface area (Å²) in [6.45, 7) is 6.22. The van der Waals surface area contributed by atoms with Gasteiger partial charge < -0.3 is 19.9 Å². The van der Waals surface area contributed by atoms with Gasteiger partial charge in [-0.05, 0) is 80.5 Å². The summed E-state index contributed by atoms with van der Waals surface area (Å²) in [5.74, 6) is 1.06. The third kappa shape index (κ3) is 3.64. The number of phenols is 1. The average Bonchev–Trinajstić information content (AvgIpc) is 3.31. The Morgan fingerprint density at radius 1 is 0.970 bits per heavy atom. The molecule has 5 rings (SSSR count). The summed E-state index contributed by atoms with van der Waals surface area (Å²) < 4.78 is 2.16. The van der Waals surface area contributed by atoms with Crippen LogP contribution in [0.3, 0.4) is 0 Å². The summed E-state index contributed by atoms with van der Waals surface area (Å²) in [5.41, 5.74) is 5.92. The summed E-state index contributed by atoms with van der Waals surface area (Å²) >= 11 is 5.78. The minimum atomic E-state index is -0.203. The highest BCUT2D eigenvalue weighted by atomic mass is 32.1. The molecule has 1 aliphatic rings. The second-order valence-corrected chi connectivity index (χ2v) is 8.73. The lowest BCUT2D eigenvalue weighted by atomic mass is 9.96. The molecule has 2 atom stereocenters. The molecular formula is C26H25N5OS. The topological polar surface area (TPSA) is 66.2 Å². The zero-order valence-electron chi connectivity index (χ0n) is 18.7. The summed E-state index contributed by atoms with van der Waals surface area (Å²) in [7, 11) is 0. The number of aryl methyl sites for hydroxylation is 2. The molecule has 0 aliphatic carbocycles. The maximum absolute atomic E-state index is 10.7. The van der Waals surface area contributed by atoms with Crippen molar-refractivity contribution in [3.8, 4) is 11.6 Å². The lowest BCUT2D eigenvalue weighted by molar-refractivity contribution is 0.472. The SMILES string of the molecule is Cc1ccc(-n2c(C)cc([C@H]3[C@@H](c4ccccn4)NC(=S)N3c3ccccc3O)c2C)nc1. The van der Waals surface area contributed by atoms with Gasteiger partial charge in [0.05, 0.1) is 23.5 Å². The Hall–Kier alpha value is -3.71. The van der Waals surface area contributed by atoms with Crippen LogP contribution in [-0.2, 0) is 0 Å². The van der Waals surface area contributed by atoms with E-state index in [-0.39, 0.29) is 17.8 Å². The van der Waals surface area contributed by atoms with Gasteiger partial charge in [-0.2, -0.15) is 0 Å². The summed E-state index contributed by atoms with van der Waals surface area (Å²) in [6, 6.07) is 19.1. The highest BCUT2D eigenvalue weighted by molar-refractivity contribution is 7.80. The molecule has 1 aromatic carbocycles. The van der Waals surface area contributed by atoms with Crippen molar-refractivity contribution in [1.29, 1.82) is 0 Å². The standard InChI is InChI=1S/C26H25N5OS/c1-16-11-12-23(28-15-16)30-17(2)14-19(18(30)3)25-24(20-8-6-7-13-27-20)29-26(33)31(25)21-9-4-5-10-22(21)32/h4-15,24-25,32H,1-3H3,(H,29,33)/t24-,25+/m1/s1. The number of phenolic OH excluding ortho intramolecular Hbond substituents is 1. The van der Waals surface area contributed by atoms with Gasteiger partial charge in [0, 0.05) is 23.8 Å². The molecule has 0 amide bonds. The Morgan fingerprint density at radius 2 is 1.76 bits per heavy atom. The fraction of sp³-hybridized carbons (Fsp3) is 0.192. The maximum Gasteiger partial charge on any atom is 0.174 e. The van der Waals surface area contributed by atoms with Crippen molar-refractivity contribution in [2.24, 2.45) is 0 Å². The minimum Gasteiger partial charge on any atom is -0.506 e. The Morgan fingerprint density at radius 3 is 2.45 bits per heavy atom. The van der Waals surface area contributed by atoms with Crippen LogP contribution in [0.2, 0.25) is 0 Å². The van der Waals surface area contributed by atoms with Gasteiger partial charge in [-0.1, -0.05) is 24.3 Å². The number of anilines is 1. The van der Waals surface area contributed by atoms with Crippen molar-refractivity contribution in [2.45, 2.75) is 32.9 Å². The number of thiocarbonyl (C=S) groups is 1. The van der Waals surface area contributed by atoms with Crippen LogP contribution in [0, 0.1) is 20.8 Å². The number of aromatic nitrogens is 3. The molecule has 0 spiro atoms. The molecule has 0 bridgehead atoms. The molecule has 3 aromatic heterocycles. The van der Waals surface area contributed by atoms with Crippen LogP contribution in [0.15, 0.2) is 73.1 Å². The zero-order chi connectivity index (χ0) is 23.1. The van der Waals surface area contributed by atoms with E-state index in [9.17, 15) is 5.11 Å². The Bertz CT molecular complexity index is 1320. The molecule has 4 aromatic rings. The van der Waals surface area contributed by atoms with E-state index in [0.717, 1.165) is 34.0 Å². The van der Waals surface area contributed by atoms with E-state index in [0.29, 0.717) is 10.8 Å². The van der Waals surface area contributed by atoms with Gasteiger partial charge in [0.15, 0.2) is 5.11 Å². The summed E-state index contributed by atoms with van der Waals surface area (Å²) in [4.78, 5) is 11.3. The number of aromatic hydroxyl groups is 1. The first-order valence-corrected chi connectivity index (χ1v) is 11.3. The first kappa shape index (κ1) is 21.2. The molecule has 1 saturated heterocycles. The van der Waals surface area contributed by atoms with Crippen LogP contribution in [0.5, 0.6) is 5.75 Å². The molecule has 1 fully saturated rings. The number of rotatable bonds is 4. The molecule has 166 valence electrons. The monoisotopic (exact) mass is 455 g/mol. The number of pyridine rings is 2. The van der Waals surface area contributed by atoms with Gasteiger partial charge in [-0.3, -0.25) is 4.98 Å². The van der Waals surface area contributed by atoms with E-state index < -0.39 is 0 Å². The molecule has 0 radical (unpaired) electrons. The fourth-order valence-corrected chi connectivity index (χ4v) is 4.97. The summed E-state index contributed by atoms with van der Waals surface area (Å²) in [6.07, 6.45) is 3.67. The van der Waals surface area contributed by atoms with E-state index in [4.69, 9.17) is 12.2 Å². The normalized spacial score (nSPS) is 17.9. The van der Waals surface area contributed by atoms with E-state index in [1.165, 1.54) is 0 Å². The van der Waals surface area contributed by atoms with Crippen LogP contribution < -0.4 is 10.2 Å². The number of benzene rings is 1. The molecule has 2 N–H and O–H groups in total.